The van der Waals surface area contributed by atoms with Crippen molar-refractivity contribution in [2.24, 2.45) is 0 Å². The van der Waals surface area contributed by atoms with Crippen LogP contribution in [0.3, 0.4) is 0 Å². The first-order valence-electron chi connectivity index (χ1n) is 9.28. The van der Waals surface area contributed by atoms with E-state index in [-0.39, 0.29) is 11.5 Å². The largest absolute Gasteiger partial charge is 0.433 e. The summed E-state index contributed by atoms with van der Waals surface area (Å²) < 4.78 is 53.8. The summed E-state index contributed by atoms with van der Waals surface area (Å²) >= 11 is 0. The summed E-state index contributed by atoms with van der Waals surface area (Å²) in [6, 6.07) is 8.48. The number of hydrogen-bond acceptors (Lipinski definition) is 3. The van der Waals surface area contributed by atoms with Crippen molar-refractivity contribution in [2.75, 3.05) is 0 Å². The Hall–Kier alpha value is -2.39. The lowest BCUT2D eigenvalue weighted by Gasteiger charge is -2.30. The molecular weight excluding hydrogens is 381 g/mol. The fraction of sp³-hybridized carbons (Fsp3) is 0.273. The lowest BCUT2D eigenvalue weighted by Crippen LogP contribution is -2.20. The van der Waals surface area contributed by atoms with Gasteiger partial charge in [0.25, 0.3) is 0 Å². The summed E-state index contributed by atoms with van der Waals surface area (Å²) in [6.45, 7) is 7.19. The van der Waals surface area contributed by atoms with Crippen LogP contribution in [0.15, 0.2) is 49.6 Å². The van der Waals surface area contributed by atoms with Crippen molar-refractivity contribution >= 4 is 19.7 Å². The first-order valence-corrected chi connectivity index (χ1v) is 10.9. The van der Waals surface area contributed by atoms with Crippen LogP contribution in [0.5, 0.6) is 11.5 Å². The second-order valence-corrected chi connectivity index (χ2v) is 8.98. The van der Waals surface area contributed by atoms with Crippen LogP contribution in [0, 0.1) is 11.6 Å². The Labute approximate surface area is 164 Å². The standard InChI is InChI=1S/C22H23F2O3P/c1-3-16-10-12-21(19(23)14-16)26-28(25,18-8-6-5-7-9-18)27-22-13-11-17(4-2)15-20(22)24/h3-4,10-15,18H,1-2,5-9H2. The summed E-state index contributed by atoms with van der Waals surface area (Å²) in [5.41, 5.74) is 0.729. The molecule has 1 saturated carbocycles. The molecule has 148 valence electrons. The van der Waals surface area contributed by atoms with Gasteiger partial charge in [-0.05, 0) is 48.2 Å². The van der Waals surface area contributed by atoms with Crippen molar-refractivity contribution < 1.29 is 22.4 Å². The van der Waals surface area contributed by atoms with Gasteiger partial charge in [0.15, 0.2) is 23.1 Å². The summed E-state index contributed by atoms with van der Waals surface area (Å²) in [4.78, 5) is 0. The molecule has 0 heterocycles. The highest BCUT2D eigenvalue weighted by atomic mass is 31.2. The molecule has 0 aromatic heterocycles. The normalized spacial score (nSPS) is 15.1. The van der Waals surface area contributed by atoms with Crippen LogP contribution in [0.4, 0.5) is 8.78 Å². The van der Waals surface area contributed by atoms with Crippen molar-refractivity contribution in [2.45, 2.75) is 37.8 Å². The molecular formula is C22H23F2O3P. The van der Waals surface area contributed by atoms with E-state index in [0.717, 1.165) is 19.3 Å². The van der Waals surface area contributed by atoms with Gasteiger partial charge in [-0.2, -0.15) is 0 Å². The quantitative estimate of drug-likeness (QED) is 0.457. The van der Waals surface area contributed by atoms with E-state index in [9.17, 15) is 13.3 Å². The van der Waals surface area contributed by atoms with Gasteiger partial charge in [-0.1, -0.05) is 56.7 Å². The van der Waals surface area contributed by atoms with Gasteiger partial charge < -0.3 is 9.05 Å². The zero-order valence-electron chi connectivity index (χ0n) is 15.6. The van der Waals surface area contributed by atoms with Gasteiger partial charge in [-0.3, -0.25) is 0 Å². The molecule has 0 aliphatic heterocycles. The smallest absolute Gasteiger partial charge is 0.413 e. The zero-order chi connectivity index (χ0) is 20.1. The van der Waals surface area contributed by atoms with E-state index in [1.807, 2.05) is 0 Å². The average Bonchev–Trinajstić information content (AvgIpc) is 2.71. The Morgan fingerprint density at radius 3 is 1.71 bits per heavy atom. The van der Waals surface area contributed by atoms with Gasteiger partial charge in [0.05, 0.1) is 5.66 Å². The maximum atomic E-state index is 14.4. The van der Waals surface area contributed by atoms with Gasteiger partial charge in [-0.15, -0.1) is 0 Å². The van der Waals surface area contributed by atoms with Crippen molar-refractivity contribution in [3.8, 4) is 11.5 Å². The van der Waals surface area contributed by atoms with Crippen LogP contribution < -0.4 is 9.05 Å². The SMILES string of the molecule is C=Cc1ccc(OP(=O)(Oc2ccc(C=C)cc2F)C2CCCCC2)c(F)c1. The van der Waals surface area contributed by atoms with Crippen molar-refractivity contribution in [1.82, 2.24) is 0 Å². The van der Waals surface area contributed by atoms with Gasteiger partial charge in [-0.25, -0.2) is 13.3 Å². The molecule has 28 heavy (non-hydrogen) atoms. The first-order chi connectivity index (χ1) is 13.4. The predicted octanol–water partition coefficient (Wildman–Crippen LogP) is 7.23. The molecule has 0 radical (unpaired) electrons. The number of halogens is 2. The van der Waals surface area contributed by atoms with Crippen LogP contribution in [-0.4, -0.2) is 5.66 Å². The third-order valence-corrected chi connectivity index (χ3v) is 7.17. The monoisotopic (exact) mass is 404 g/mol. The van der Waals surface area contributed by atoms with Crippen molar-refractivity contribution in [3.05, 3.63) is 72.3 Å². The lowest BCUT2D eigenvalue weighted by atomic mass is 10.0. The minimum atomic E-state index is -3.87. The molecule has 0 atom stereocenters. The molecule has 0 spiro atoms. The van der Waals surface area contributed by atoms with Crippen LogP contribution in [0.1, 0.15) is 43.2 Å². The van der Waals surface area contributed by atoms with Gasteiger partial charge >= 0.3 is 7.60 Å². The fourth-order valence-corrected chi connectivity index (χ4v) is 5.45. The summed E-state index contributed by atoms with van der Waals surface area (Å²) in [5, 5.41) is 0. The minimum absolute atomic E-state index is 0.178. The predicted molar refractivity (Wildman–Crippen MR) is 109 cm³/mol. The maximum Gasteiger partial charge on any atom is 0.433 e. The van der Waals surface area contributed by atoms with Gasteiger partial charge in [0.2, 0.25) is 0 Å². The van der Waals surface area contributed by atoms with E-state index in [1.54, 1.807) is 12.1 Å². The van der Waals surface area contributed by atoms with E-state index in [2.05, 4.69) is 13.2 Å². The molecule has 0 saturated heterocycles. The van der Waals surface area contributed by atoms with Crippen LogP contribution in [0.25, 0.3) is 12.2 Å². The van der Waals surface area contributed by atoms with Gasteiger partial charge in [0, 0.05) is 0 Å². The van der Waals surface area contributed by atoms with E-state index >= 15 is 0 Å². The lowest BCUT2D eigenvalue weighted by molar-refractivity contribution is 0.336. The Balaban J connectivity index is 1.94. The molecule has 2 aromatic rings. The molecule has 3 rings (SSSR count). The average molecular weight is 404 g/mol. The molecule has 3 nitrogen and oxygen atoms in total. The Morgan fingerprint density at radius 1 is 0.857 bits per heavy atom. The number of hydrogen-bond donors (Lipinski definition) is 0. The van der Waals surface area contributed by atoms with E-state index < -0.39 is 24.9 Å². The Kier molecular flexibility index (Phi) is 6.35. The molecule has 1 aliphatic carbocycles. The molecule has 1 fully saturated rings. The van der Waals surface area contributed by atoms with Crippen LogP contribution >= 0.6 is 7.60 Å². The fourth-order valence-electron chi connectivity index (χ4n) is 3.28. The van der Waals surface area contributed by atoms with Crippen molar-refractivity contribution in [3.63, 3.8) is 0 Å². The topological polar surface area (TPSA) is 35.5 Å². The van der Waals surface area contributed by atoms with E-state index in [1.165, 1.54) is 36.4 Å². The number of rotatable bonds is 7. The third kappa shape index (κ3) is 4.53. The zero-order valence-corrected chi connectivity index (χ0v) is 16.5. The third-order valence-electron chi connectivity index (χ3n) is 4.86. The highest BCUT2D eigenvalue weighted by molar-refractivity contribution is 7.55. The van der Waals surface area contributed by atoms with E-state index in [0.29, 0.717) is 24.0 Å². The summed E-state index contributed by atoms with van der Waals surface area (Å²) in [5.74, 6) is -1.69. The Morgan fingerprint density at radius 2 is 1.32 bits per heavy atom. The molecule has 6 heteroatoms. The molecule has 0 N–H and O–H groups in total. The molecule has 0 unspecified atom stereocenters. The maximum absolute atomic E-state index is 14.4. The minimum Gasteiger partial charge on any atom is -0.413 e. The highest BCUT2D eigenvalue weighted by Crippen LogP contribution is 2.57. The first kappa shape index (κ1) is 20.3. The summed E-state index contributed by atoms with van der Waals surface area (Å²) in [6.07, 6.45) is 7.02. The van der Waals surface area contributed by atoms with Crippen molar-refractivity contribution in [1.29, 1.82) is 0 Å². The molecule has 0 bridgehead atoms. The van der Waals surface area contributed by atoms with Gasteiger partial charge in [0.1, 0.15) is 0 Å². The second-order valence-electron chi connectivity index (χ2n) is 6.80. The second kappa shape index (κ2) is 8.74. The summed E-state index contributed by atoms with van der Waals surface area (Å²) in [7, 11) is -3.87. The molecule has 2 aromatic carbocycles. The molecule has 0 amide bonds. The number of benzene rings is 2. The van der Waals surface area contributed by atoms with E-state index in [4.69, 9.17) is 9.05 Å². The van der Waals surface area contributed by atoms with Crippen LogP contribution in [0.2, 0.25) is 0 Å². The highest BCUT2D eigenvalue weighted by Gasteiger charge is 2.41. The Bertz CT molecular complexity index is 856. The molecule has 1 aliphatic rings. The van der Waals surface area contributed by atoms with Crippen LogP contribution in [-0.2, 0) is 4.57 Å².